The molecule has 0 heterocycles. The molecule has 0 unspecified atom stereocenters. The molecule has 146 valence electrons. The molecular weight excluding hydrogens is 370 g/mol. The van der Waals surface area contributed by atoms with Crippen LogP contribution < -0.4 is 10.2 Å². The van der Waals surface area contributed by atoms with Crippen LogP contribution in [0.25, 0.3) is 0 Å². The second-order valence-corrected chi connectivity index (χ2v) is 7.82. The van der Waals surface area contributed by atoms with E-state index >= 15 is 0 Å². The van der Waals surface area contributed by atoms with Crippen molar-refractivity contribution < 1.29 is 4.79 Å². The third-order valence-electron chi connectivity index (χ3n) is 5.68. The number of benzene rings is 2. The molecule has 1 aliphatic carbocycles. The summed E-state index contributed by atoms with van der Waals surface area (Å²) in [5.74, 6) is 0.0123. The number of aryl methyl sites for hydroxylation is 1. The normalized spacial score (nSPS) is 18.9. The van der Waals surface area contributed by atoms with Gasteiger partial charge < -0.3 is 10.2 Å². The molecule has 0 radical (unpaired) electrons. The van der Waals surface area contributed by atoms with Crippen LogP contribution in [0.1, 0.15) is 54.1 Å². The number of carbonyl (C=O) groups excluding carboxylic acids is 1. The van der Waals surface area contributed by atoms with Gasteiger partial charge in [-0.25, -0.2) is 0 Å². The Balaban J connectivity index is 1.54. The standard InChI is InChI=1S/C23H26ClN3O/c1-3-16-4-6-17(7-5-16)23(28)26-19-9-12-20(13-10-19)27(2)21-11-8-18(15-25)22(24)14-21/h4-8,11,14,19-20H,3,9-10,12-13H2,1-2H3,(H,26,28). The van der Waals surface area contributed by atoms with Gasteiger partial charge in [0.15, 0.2) is 0 Å². The van der Waals surface area contributed by atoms with Crippen molar-refractivity contribution in [2.45, 2.75) is 51.1 Å². The molecule has 0 saturated heterocycles. The first kappa shape index (κ1) is 20.2. The fourth-order valence-corrected chi connectivity index (χ4v) is 4.01. The maximum absolute atomic E-state index is 12.5. The van der Waals surface area contributed by atoms with Crippen LogP contribution in [0.4, 0.5) is 5.69 Å². The molecule has 0 aliphatic heterocycles. The largest absolute Gasteiger partial charge is 0.372 e. The highest BCUT2D eigenvalue weighted by Gasteiger charge is 2.25. The molecule has 3 rings (SSSR count). The van der Waals surface area contributed by atoms with Crippen LogP contribution >= 0.6 is 11.6 Å². The molecule has 0 bridgehead atoms. The first-order valence-electron chi connectivity index (χ1n) is 9.84. The molecule has 1 aliphatic rings. The average Bonchev–Trinajstić information content (AvgIpc) is 2.73. The molecular formula is C23H26ClN3O. The number of amides is 1. The molecule has 0 spiro atoms. The topological polar surface area (TPSA) is 56.1 Å². The molecule has 0 atom stereocenters. The predicted octanol–water partition coefficient (Wildman–Crippen LogP) is 4.95. The van der Waals surface area contributed by atoms with Crippen LogP contribution in [0.2, 0.25) is 5.02 Å². The van der Waals surface area contributed by atoms with Gasteiger partial charge in [0.2, 0.25) is 0 Å². The van der Waals surface area contributed by atoms with Gasteiger partial charge in [0.25, 0.3) is 5.91 Å². The van der Waals surface area contributed by atoms with Gasteiger partial charge in [0, 0.05) is 30.4 Å². The molecule has 1 N–H and O–H groups in total. The molecule has 2 aromatic rings. The SMILES string of the molecule is CCc1ccc(C(=O)NC2CCC(N(C)c3ccc(C#N)c(Cl)c3)CC2)cc1. The number of nitriles is 1. The van der Waals surface area contributed by atoms with Crippen molar-refractivity contribution in [3.05, 3.63) is 64.2 Å². The molecule has 5 heteroatoms. The minimum atomic E-state index is 0.0123. The smallest absolute Gasteiger partial charge is 0.251 e. The van der Waals surface area contributed by atoms with Gasteiger partial charge in [0.1, 0.15) is 6.07 Å². The summed E-state index contributed by atoms with van der Waals surface area (Å²) in [5.41, 5.74) is 3.48. The molecule has 0 aromatic heterocycles. The lowest BCUT2D eigenvalue weighted by Gasteiger charge is -2.36. The fourth-order valence-electron chi connectivity index (χ4n) is 3.79. The van der Waals surface area contributed by atoms with Crippen molar-refractivity contribution in [3.8, 4) is 6.07 Å². The van der Waals surface area contributed by atoms with Crippen LogP contribution in [0.15, 0.2) is 42.5 Å². The Labute approximate surface area is 172 Å². The van der Waals surface area contributed by atoms with Crippen molar-refractivity contribution in [1.29, 1.82) is 5.26 Å². The Morgan fingerprint density at radius 3 is 2.43 bits per heavy atom. The predicted molar refractivity (Wildman–Crippen MR) is 114 cm³/mol. The molecule has 4 nitrogen and oxygen atoms in total. The van der Waals surface area contributed by atoms with E-state index in [1.54, 1.807) is 6.07 Å². The van der Waals surface area contributed by atoms with Crippen molar-refractivity contribution in [2.24, 2.45) is 0 Å². The van der Waals surface area contributed by atoms with Crippen molar-refractivity contribution >= 4 is 23.2 Å². The zero-order valence-corrected chi connectivity index (χ0v) is 17.2. The fraction of sp³-hybridized carbons (Fsp3) is 0.391. The van der Waals surface area contributed by atoms with Gasteiger partial charge in [-0.3, -0.25) is 4.79 Å². The van der Waals surface area contributed by atoms with Gasteiger partial charge in [-0.2, -0.15) is 5.26 Å². The highest BCUT2D eigenvalue weighted by Crippen LogP contribution is 2.29. The van der Waals surface area contributed by atoms with E-state index in [2.05, 4.69) is 30.3 Å². The van der Waals surface area contributed by atoms with Gasteiger partial charge in [0.05, 0.1) is 10.6 Å². The van der Waals surface area contributed by atoms with Crippen LogP contribution in [-0.4, -0.2) is 25.0 Å². The van der Waals surface area contributed by atoms with E-state index in [1.807, 2.05) is 36.4 Å². The van der Waals surface area contributed by atoms with E-state index in [0.717, 1.165) is 43.4 Å². The van der Waals surface area contributed by atoms with Crippen LogP contribution in [-0.2, 0) is 6.42 Å². The number of anilines is 1. The molecule has 28 heavy (non-hydrogen) atoms. The van der Waals surface area contributed by atoms with E-state index in [4.69, 9.17) is 16.9 Å². The maximum Gasteiger partial charge on any atom is 0.251 e. The summed E-state index contributed by atoms with van der Waals surface area (Å²) in [4.78, 5) is 14.7. The van der Waals surface area contributed by atoms with Gasteiger partial charge in [-0.15, -0.1) is 0 Å². The van der Waals surface area contributed by atoms with Crippen molar-refractivity contribution in [1.82, 2.24) is 5.32 Å². The third-order valence-corrected chi connectivity index (χ3v) is 6.00. The monoisotopic (exact) mass is 395 g/mol. The lowest BCUT2D eigenvalue weighted by molar-refractivity contribution is 0.0926. The van der Waals surface area contributed by atoms with E-state index < -0.39 is 0 Å². The summed E-state index contributed by atoms with van der Waals surface area (Å²) in [6.45, 7) is 2.11. The van der Waals surface area contributed by atoms with E-state index in [9.17, 15) is 4.79 Å². The number of hydrogen-bond donors (Lipinski definition) is 1. The first-order chi connectivity index (χ1) is 13.5. The highest BCUT2D eigenvalue weighted by atomic mass is 35.5. The summed E-state index contributed by atoms with van der Waals surface area (Å²) in [6, 6.07) is 16.1. The summed E-state index contributed by atoms with van der Waals surface area (Å²) in [7, 11) is 2.07. The minimum Gasteiger partial charge on any atom is -0.372 e. The van der Waals surface area contributed by atoms with Crippen molar-refractivity contribution in [3.63, 3.8) is 0 Å². The van der Waals surface area contributed by atoms with Gasteiger partial charge >= 0.3 is 0 Å². The summed E-state index contributed by atoms with van der Waals surface area (Å²) in [6.07, 6.45) is 4.90. The minimum absolute atomic E-state index is 0.0123. The second-order valence-electron chi connectivity index (χ2n) is 7.42. The highest BCUT2D eigenvalue weighted by molar-refractivity contribution is 6.32. The third kappa shape index (κ3) is 4.66. The molecule has 2 aromatic carbocycles. The van der Waals surface area contributed by atoms with E-state index in [1.165, 1.54) is 5.56 Å². The van der Waals surface area contributed by atoms with Crippen LogP contribution in [0, 0.1) is 11.3 Å². The van der Waals surface area contributed by atoms with E-state index in [0.29, 0.717) is 16.6 Å². The second kappa shape index (κ2) is 9.12. The summed E-state index contributed by atoms with van der Waals surface area (Å²) in [5, 5.41) is 12.7. The number of halogens is 1. The zero-order valence-electron chi connectivity index (χ0n) is 16.4. The lowest BCUT2D eigenvalue weighted by atomic mass is 9.90. The Hall–Kier alpha value is -2.51. The Morgan fingerprint density at radius 2 is 1.86 bits per heavy atom. The Morgan fingerprint density at radius 1 is 1.18 bits per heavy atom. The van der Waals surface area contributed by atoms with Crippen LogP contribution in [0.5, 0.6) is 0 Å². The first-order valence-corrected chi connectivity index (χ1v) is 10.2. The number of hydrogen-bond acceptors (Lipinski definition) is 3. The lowest BCUT2D eigenvalue weighted by Crippen LogP contribution is -2.42. The number of rotatable bonds is 5. The van der Waals surface area contributed by atoms with Gasteiger partial charge in [-0.1, -0.05) is 30.7 Å². The quantitative estimate of drug-likeness (QED) is 0.779. The summed E-state index contributed by atoms with van der Waals surface area (Å²) >= 11 is 6.17. The summed E-state index contributed by atoms with van der Waals surface area (Å²) < 4.78 is 0. The number of carbonyl (C=O) groups is 1. The van der Waals surface area contributed by atoms with Crippen LogP contribution in [0.3, 0.4) is 0 Å². The molecule has 1 fully saturated rings. The van der Waals surface area contributed by atoms with Crippen molar-refractivity contribution in [2.75, 3.05) is 11.9 Å². The number of nitrogens with one attached hydrogen (secondary N) is 1. The van der Waals surface area contributed by atoms with E-state index in [-0.39, 0.29) is 11.9 Å². The zero-order chi connectivity index (χ0) is 20.1. The number of nitrogens with zero attached hydrogens (tertiary/aromatic N) is 2. The average molecular weight is 396 g/mol. The maximum atomic E-state index is 12.5. The molecule has 1 amide bonds. The molecule has 1 saturated carbocycles. The Bertz CT molecular complexity index is 864. The van der Waals surface area contributed by atoms with Gasteiger partial charge in [-0.05, 0) is 68.0 Å². The Kier molecular flexibility index (Phi) is 6.59.